The van der Waals surface area contributed by atoms with E-state index in [1.807, 2.05) is 6.92 Å². The first-order chi connectivity index (χ1) is 18.8. The Bertz CT molecular complexity index is 1630. The zero-order chi connectivity index (χ0) is 27.7. The van der Waals surface area contributed by atoms with Gasteiger partial charge in [0, 0.05) is 24.3 Å². The molecule has 1 saturated heterocycles. The molecule has 0 spiro atoms. The number of nitrogens with one attached hydrogen (secondary N) is 1. The summed E-state index contributed by atoms with van der Waals surface area (Å²) in [6.45, 7) is 4.49. The number of halogens is 1. The average molecular weight is 557 g/mol. The number of amides is 1. The first-order valence-electron chi connectivity index (χ1n) is 12.7. The summed E-state index contributed by atoms with van der Waals surface area (Å²) in [4.78, 5) is 42.5. The van der Waals surface area contributed by atoms with Gasteiger partial charge < -0.3 is 14.8 Å². The van der Waals surface area contributed by atoms with Gasteiger partial charge in [0.05, 0.1) is 31.4 Å². The van der Waals surface area contributed by atoms with Crippen LogP contribution in [0.5, 0.6) is 5.75 Å². The molecule has 1 aliphatic heterocycles. The molecule has 1 aliphatic rings. The van der Waals surface area contributed by atoms with E-state index in [0.29, 0.717) is 64.5 Å². The molecule has 1 amide bonds. The smallest absolute Gasteiger partial charge is 0.332 e. The predicted octanol–water partition coefficient (Wildman–Crippen LogP) is 2.88. The third kappa shape index (κ3) is 4.87. The number of carbonyl (C=O) groups excluding carboxylic acids is 1. The van der Waals surface area contributed by atoms with Crippen LogP contribution in [0.1, 0.15) is 49.5 Å². The van der Waals surface area contributed by atoms with Gasteiger partial charge in [0.1, 0.15) is 33.5 Å². The van der Waals surface area contributed by atoms with E-state index in [1.165, 1.54) is 58.4 Å². The summed E-state index contributed by atoms with van der Waals surface area (Å²) in [5.41, 5.74) is -0.170. The summed E-state index contributed by atoms with van der Waals surface area (Å²) in [5.74, 6) is -0.444. The van der Waals surface area contributed by atoms with E-state index in [1.54, 1.807) is 6.92 Å². The second kappa shape index (κ2) is 11.1. The number of carbonyl (C=O) groups is 1. The van der Waals surface area contributed by atoms with E-state index in [4.69, 9.17) is 9.47 Å². The van der Waals surface area contributed by atoms with Gasteiger partial charge in [-0.25, -0.2) is 13.8 Å². The number of ether oxygens (including phenoxy) is 2. The van der Waals surface area contributed by atoms with E-state index in [0.717, 1.165) is 4.57 Å². The number of hydrogen-bond acceptors (Lipinski definition) is 8. The van der Waals surface area contributed by atoms with Crippen molar-refractivity contribution in [2.75, 3.05) is 20.3 Å². The molecule has 1 N–H and O–H groups in total. The van der Waals surface area contributed by atoms with Gasteiger partial charge in [0.15, 0.2) is 0 Å². The molecular weight excluding hydrogens is 527 g/mol. The Morgan fingerprint density at radius 3 is 2.69 bits per heavy atom. The van der Waals surface area contributed by atoms with Crippen molar-refractivity contribution in [3.05, 3.63) is 68.4 Å². The number of piperidine rings is 1. The lowest BCUT2D eigenvalue weighted by atomic mass is 10.1. The molecule has 1 aromatic carbocycles. The topological polar surface area (TPSA) is 122 Å². The average Bonchev–Trinajstić information content (AvgIpc) is 3.57. The molecule has 0 bridgehead atoms. The largest absolute Gasteiger partial charge is 0.496 e. The third-order valence-corrected chi connectivity index (χ3v) is 8.08. The fourth-order valence-corrected chi connectivity index (χ4v) is 6.15. The van der Waals surface area contributed by atoms with Gasteiger partial charge in [-0.1, -0.05) is 18.3 Å². The quantitative estimate of drug-likeness (QED) is 0.336. The SMILES string of the molecule is CCCO[C@@H](Cn1c(=O)n(C2CCCNC2=O)c(=O)c2c(C)c(-n3nccn3)sc21)c1cc(F)ccc1OC. The van der Waals surface area contributed by atoms with Crippen molar-refractivity contribution in [1.82, 2.24) is 29.4 Å². The molecule has 11 nitrogen and oxygen atoms in total. The summed E-state index contributed by atoms with van der Waals surface area (Å²) >= 11 is 1.19. The molecule has 1 unspecified atom stereocenters. The van der Waals surface area contributed by atoms with Crippen molar-refractivity contribution < 1.29 is 18.7 Å². The summed E-state index contributed by atoms with van der Waals surface area (Å²) in [7, 11) is 1.48. The number of rotatable bonds is 9. The van der Waals surface area contributed by atoms with Crippen LogP contribution in [0, 0.1) is 12.7 Å². The van der Waals surface area contributed by atoms with Crippen LogP contribution in [0.3, 0.4) is 0 Å². The summed E-state index contributed by atoms with van der Waals surface area (Å²) in [6, 6.07) is 3.18. The highest BCUT2D eigenvalue weighted by atomic mass is 32.1. The lowest BCUT2D eigenvalue weighted by Crippen LogP contribution is -2.49. The van der Waals surface area contributed by atoms with Gasteiger partial charge in [0.25, 0.3) is 5.56 Å². The molecule has 13 heteroatoms. The number of benzene rings is 1. The number of aryl methyl sites for hydroxylation is 1. The molecule has 4 heterocycles. The van der Waals surface area contributed by atoms with E-state index in [9.17, 15) is 18.8 Å². The molecule has 0 radical (unpaired) electrons. The Balaban J connectivity index is 1.76. The minimum Gasteiger partial charge on any atom is -0.496 e. The normalized spacial score (nSPS) is 16.4. The second-order valence-electron chi connectivity index (χ2n) is 9.29. The van der Waals surface area contributed by atoms with Crippen LogP contribution < -0.4 is 21.3 Å². The Labute approximate surface area is 226 Å². The Morgan fingerprint density at radius 2 is 2.00 bits per heavy atom. The van der Waals surface area contributed by atoms with Crippen LogP contribution in [-0.4, -0.2) is 50.3 Å². The van der Waals surface area contributed by atoms with Crippen molar-refractivity contribution in [2.24, 2.45) is 0 Å². The van der Waals surface area contributed by atoms with Crippen LogP contribution in [0.15, 0.2) is 40.2 Å². The van der Waals surface area contributed by atoms with Gasteiger partial charge in [-0.3, -0.25) is 14.2 Å². The Morgan fingerprint density at radius 1 is 1.23 bits per heavy atom. The minimum absolute atomic E-state index is 0.0459. The number of nitrogens with zero attached hydrogens (tertiary/aromatic N) is 5. The van der Waals surface area contributed by atoms with Crippen LogP contribution in [0.4, 0.5) is 4.39 Å². The highest BCUT2D eigenvalue weighted by molar-refractivity contribution is 7.21. The molecule has 0 saturated carbocycles. The van der Waals surface area contributed by atoms with Crippen molar-refractivity contribution in [3.63, 3.8) is 0 Å². The number of hydrogen-bond donors (Lipinski definition) is 1. The Kier molecular flexibility index (Phi) is 7.62. The van der Waals surface area contributed by atoms with Crippen molar-refractivity contribution in [1.29, 1.82) is 0 Å². The van der Waals surface area contributed by atoms with Crippen LogP contribution in [-0.2, 0) is 16.1 Å². The predicted molar refractivity (Wildman–Crippen MR) is 143 cm³/mol. The van der Waals surface area contributed by atoms with Gasteiger partial charge >= 0.3 is 5.69 Å². The van der Waals surface area contributed by atoms with Crippen LogP contribution >= 0.6 is 11.3 Å². The van der Waals surface area contributed by atoms with E-state index in [2.05, 4.69) is 15.5 Å². The molecule has 5 rings (SSSR count). The maximum atomic E-state index is 14.4. The molecule has 0 aliphatic carbocycles. The summed E-state index contributed by atoms with van der Waals surface area (Å²) in [5, 5.41) is 12.0. The zero-order valence-electron chi connectivity index (χ0n) is 21.8. The maximum Gasteiger partial charge on any atom is 0.332 e. The maximum absolute atomic E-state index is 14.4. The van der Waals surface area contributed by atoms with Crippen molar-refractivity contribution in [3.8, 4) is 10.8 Å². The van der Waals surface area contributed by atoms with E-state index < -0.39 is 29.2 Å². The molecule has 4 aromatic rings. The lowest BCUT2D eigenvalue weighted by Gasteiger charge is -2.26. The number of methoxy groups -OCH3 is 1. The van der Waals surface area contributed by atoms with Crippen LogP contribution in [0.2, 0.25) is 0 Å². The molecule has 206 valence electrons. The molecule has 39 heavy (non-hydrogen) atoms. The van der Waals surface area contributed by atoms with Crippen molar-refractivity contribution in [2.45, 2.75) is 51.8 Å². The highest BCUT2D eigenvalue weighted by Gasteiger charge is 2.31. The van der Waals surface area contributed by atoms with Gasteiger partial charge in [-0.2, -0.15) is 10.2 Å². The first kappa shape index (κ1) is 26.8. The third-order valence-electron chi connectivity index (χ3n) is 6.80. The number of fused-ring (bicyclic) bond motifs is 1. The van der Waals surface area contributed by atoms with E-state index in [-0.39, 0.29) is 12.5 Å². The zero-order valence-corrected chi connectivity index (χ0v) is 22.7. The molecular formula is C26H29FN6O5S. The van der Waals surface area contributed by atoms with Gasteiger partial charge in [0.2, 0.25) is 5.91 Å². The van der Waals surface area contributed by atoms with E-state index >= 15 is 0 Å². The fraction of sp³-hybridized carbons (Fsp3) is 0.423. The first-order valence-corrected chi connectivity index (χ1v) is 13.5. The number of aromatic nitrogens is 5. The minimum atomic E-state index is -0.946. The Hall–Kier alpha value is -3.84. The molecule has 1 fully saturated rings. The van der Waals surface area contributed by atoms with Gasteiger partial charge in [-0.05, 0) is 44.4 Å². The molecule has 3 aromatic heterocycles. The standard InChI is InChI=1S/C26H29FN6O5S/c1-4-12-38-20(17-13-16(27)7-8-19(17)37-3)14-31-25-21(15(2)24(39-25)33-29-10-11-30-33)23(35)32(26(31)36)18-6-5-9-28-22(18)34/h7-8,10-11,13,18,20H,4-6,9,12,14H2,1-3H3,(H,28,34)/t18?,20-/m0/s1. The van der Waals surface area contributed by atoms with Gasteiger partial charge in [-0.15, -0.1) is 4.80 Å². The summed E-state index contributed by atoms with van der Waals surface area (Å²) in [6.07, 6.45) is 3.94. The fourth-order valence-electron chi connectivity index (χ4n) is 4.93. The number of thiophene rings is 1. The lowest BCUT2D eigenvalue weighted by molar-refractivity contribution is -0.126. The van der Waals surface area contributed by atoms with Crippen LogP contribution in [0.25, 0.3) is 15.2 Å². The molecule has 2 atom stereocenters. The van der Waals surface area contributed by atoms with Crippen molar-refractivity contribution >= 4 is 27.5 Å². The summed E-state index contributed by atoms with van der Waals surface area (Å²) < 4.78 is 28.5. The monoisotopic (exact) mass is 556 g/mol. The highest BCUT2D eigenvalue weighted by Crippen LogP contribution is 2.34. The second-order valence-corrected chi connectivity index (χ2v) is 10.3.